The number of imidazole rings is 2. The number of hydrogen-bond donors (Lipinski definition) is 1. The summed E-state index contributed by atoms with van der Waals surface area (Å²) in [4.78, 5) is 22.4. The van der Waals surface area contributed by atoms with Gasteiger partial charge < -0.3 is 14.5 Å². The lowest BCUT2D eigenvalue weighted by molar-refractivity contribution is -0.116. The topological polar surface area (TPSA) is 98.9 Å². The van der Waals surface area contributed by atoms with E-state index in [0.29, 0.717) is 17.0 Å². The van der Waals surface area contributed by atoms with Crippen molar-refractivity contribution in [1.29, 1.82) is 0 Å². The van der Waals surface area contributed by atoms with Gasteiger partial charge in [0.05, 0.1) is 11.0 Å². The fourth-order valence-corrected chi connectivity index (χ4v) is 4.64. The lowest BCUT2D eigenvalue weighted by Gasteiger charge is -2.10. The number of hydrogen-bond acceptors (Lipinski definition) is 6. The highest BCUT2D eigenvalue weighted by Crippen LogP contribution is 2.27. The van der Waals surface area contributed by atoms with E-state index in [1.807, 2.05) is 60.3 Å². The highest BCUT2D eigenvalue weighted by atomic mass is 32.2. The molecule has 1 N–H and O–H groups in total. The molecule has 8 nitrogen and oxygen atoms in total. The number of amides is 1. The van der Waals surface area contributed by atoms with Crippen LogP contribution in [0.15, 0.2) is 71.0 Å². The lowest BCUT2D eigenvalue weighted by atomic mass is 10.3. The Morgan fingerprint density at radius 3 is 2.55 bits per heavy atom. The Balaban J connectivity index is 1.49. The Morgan fingerprint density at radius 1 is 1.13 bits per heavy atom. The van der Waals surface area contributed by atoms with Crippen molar-refractivity contribution in [1.82, 2.24) is 19.1 Å². The third-order valence-corrected chi connectivity index (χ3v) is 6.42. The van der Waals surface area contributed by atoms with Crippen molar-refractivity contribution in [3.05, 3.63) is 66.7 Å². The van der Waals surface area contributed by atoms with Crippen LogP contribution in [0, 0.1) is 0 Å². The maximum Gasteiger partial charge on any atom is 0.244 e. The van der Waals surface area contributed by atoms with Gasteiger partial charge in [-0.1, -0.05) is 23.9 Å². The summed E-state index contributed by atoms with van der Waals surface area (Å²) in [5, 5.41) is 3.74. The van der Waals surface area contributed by atoms with Crippen LogP contribution in [0.1, 0.15) is 5.82 Å². The van der Waals surface area contributed by atoms with Crippen LogP contribution in [0.25, 0.3) is 11.0 Å². The number of benzene rings is 2. The van der Waals surface area contributed by atoms with E-state index in [1.165, 1.54) is 11.8 Å². The largest absolute Gasteiger partial charge is 0.329 e. The van der Waals surface area contributed by atoms with E-state index < -0.39 is 9.84 Å². The Labute approximate surface area is 184 Å². The van der Waals surface area contributed by atoms with Crippen molar-refractivity contribution < 1.29 is 13.2 Å². The minimum Gasteiger partial charge on any atom is -0.329 e. The molecule has 1 amide bonds. The molecule has 0 spiro atoms. The van der Waals surface area contributed by atoms with E-state index in [4.69, 9.17) is 0 Å². The molecule has 0 aliphatic carbocycles. The third-order valence-electron chi connectivity index (χ3n) is 4.55. The molecule has 4 rings (SSSR count). The fourth-order valence-electron chi connectivity index (χ4n) is 3.15. The maximum absolute atomic E-state index is 12.7. The van der Waals surface area contributed by atoms with Gasteiger partial charge in [-0.2, -0.15) is 0 Å². The molecule has 0 saturated carbocycles. The second-order valence-electron chi connectivity index (χ2n) is 7.17. The number of rotatable bonds is 7. The highest BCUT2D eigenvalue weighted by Gasteiger charge is 2.17. The molecule has 0 aliphatic heterocycles. The Hall–Kier alpha value is -3.11. The van der Waals surface area contributed by atoms with Gasteiger partial charge in [0.15, 0.2) is 15.0 Å². The zero-order chi connectivity index (χ0) is 22.0. The van der Waals surface area contributed by atoms with E-state index in [0.717, 1.165) is 21.8 Å². The summed E-state index contributed by atoms with van der Waals surface area (Å²) in [6, 6.07) is 14.8. The van der Waals surface area contributed by atoms with Gasteiger partial charge in [0, 0.05) is 36.3 Å². The molecule has 2 heterocycles. The van der Waals surface area contributed by atoms with E-state index >= 15 is 0 Å². The molecule has 0 radical (unpaired) electrons. The van der Waals surface area contributed by atoms with Gasteiger partial charge in [0.1, 0.15) is 18.1 Å². The minimum atomic E-state index is -3.30. The number of anilines is 1. The maximum atomic E-state index is 12.7. The number of nitrogens with zero attached hydrogens (tertiary/aromatic N) is 4. The van der Waals surface area contributed by atoms with E-state index in [9.17, 15) is 13.2 Å². The van der Waals surface area contributed by atoms with Crippen LogP contribution in [0.5, 0.6) is 0 Å². The van der Waals surface area contributed by atoms with Crippen molar-refractivity contribution in [2.24, 2.45) is 7.05 Å². The second kappa shape index (κ2) is 8.56. The Morgan fingerprint density at radius 2 is 1.87 bits per heavy atom. The highest BCUT2D eigenvalue weighted by molar-refractivity contribution is 7.99. The van der Waals surface area contributed by atoms with E-state index in [-0.39, 0.29) is 18.2 Å². The van der Waals surface area contributed by atoms with Gasteiger partial charge in [-0.15, -0.1) is 0 Å². The number of aromatic nitrogens is 4. The smallest absolute Gasteiger partial charge is 0.244 e. The van der Waals surface area contributed by atoms with Crippen LogP contribution in [-0.4, -0.2) is 39.7 Å². The predicted molar refractivity (Wildman–Crippen MR) is 121 cm³/mol. The molecule has 31 heavy (non-hydrogen) atoms. The Kier molecular flexibility index (Phi) is 5.84. The SMILES string of the molecule is Cn1ccnc1Sc1ccc(NC(=O)Cn2c(CS(C)(=O)=O)nc3ccccc32)cc1. The second-order valence-corrected chi connectivity index (χ2v) is 10.3. The molecule has 0 aliphatic rings. The molecule has 0 atom stereocenters. The van der Waals surface area contributed by atoms with Gasteiger partial charge in [-0.25, -0.2) is 18.4 Å². The first-order valence-corrected chi connectivity index (χ1v) is 12.3. The fraction of sp³-hybridized carbons (Fsp3) is 0.190. The number of carbonyl (C=O) groups excluding carboxylic acids is 1. The molecule has 0 unspecified atom stereocenters. The number of nitrogens with one attached hydrogen (secondary N) is 1. The van der Waals surface area contributed by atoms with E-state index in [2.05, 4.69) is 15.3 Å². The zero-order valence-corrected chi connectivity index (χ0v) is 18.7. The summed E-state index contributed by atoms with van der Waals surface area (Å²) >= 11 is 1.53. The van der Waals surface area contributed by atoms with Crippen molar-refractivity contribution in [3.63, 3.8) is 0 Å². The summed E-state index contributed by atoms with van der Waals surface area (Å²) < 4.78 is 27.2. The molecule has 10 heteroatoms. The average Bonchev–Trinajstić information content (AvgIpc) is 3.25. The quantitative estimate of drug-likeness (QED) is 0.460. The molecule has 2 aromatic carbocycles. The molecule has 4 aromatic rings. The molecular formula is C21H21N5O3S2. The standard InChI is InChI=1S/C21H21N5O3S2/c1-25-12-11-22-21(25)30-16-9-7-15(8-10-16)23-20(27)13-26-18-6-4-3-5-17(18)24-19(26)14-31(2,28)29/h3-12H,13-14H2,1-2H3,(H,23,27). The monoisotopic (exact) mass is 455 g/mol. The van der Waals surface area contributed by atoms with Crippen LogP contribution in [0.3, 0.4) is 0 Å². The van der Waals surface area contributed by atoms with E-state index in [1.54, 1.807) is 16.8 Å². The van der Waals surface area contributed by atoms with Crippen molar-refractivity contribution in [2.75, 3.05) is 11.6 Å². The van der Waals surface area contributed by atoms with Crippen molar-refractivity contribution >= 4 is 44.2 Å². The zero-order valence-electron chi connectivity index (χ0n) is 17.0. The molecule has 2 aromatic heterocycles. The molecule has 0 saturated heterocycles. The summed E-state index contributed by atoms with van der Waals surface area (Å²) in [5.41, 5.74) is 2.03. The predicted octanol–water partition coefficient (Wildman–Crippen LogP) is 3.10. The molecule has 160 valence electrons. The number of fused-ring (bicyclic) bond motifs is 1. The number of para-hydroxylation sites is 2. The first-order valence-electron chi connectivity index (χ1n) is 9.45. The summed E-state index contributed by atoms with van der Waals surface area (Å²) in [6.45, 7) is -0.0326. The average molecular weight is 456 g/mol. The first kappa shape index (κ1) is 21.1. The minimum absolute atomic E-state index is 0.0326. The van der Waals surface area contributed by atoms with Crippen LogP contribution < -0.4 is 5.32 Å². The Bertz CT molecular complexity index is 1340. The number of aryl methyl sites for hydroxylation is 1. The summed E-state index contributed by atoms with van der Waals surface area (Å²) in [6.07, 6.45) is 4.78. The van der Waals surface area contributed by atoms with Crippen LogP contribution in [0.4, 0.5) is 5.69 Å². The normalized spacial score (nSPS) is 11.7. The van der Waals surface area contributed by atoms with Gasteiger partial charge in [-0.05, 0) is 36.4 Å². The lowest BCUT2D eigenvalue weighted by Crippen LogP contribution is -2.21. The van der Waals surface area contributed by atoms with Crippen molar-refractivity contribution in [3.8, 4) is 0 Å². The van der Waals surface area contributed by atoms with Crippen LogP contribution in [-0.2, 0) is 34.0 Å². The van der Waals surface area contributed by atoms with Gasteiger partial charge >= 0.3 is 0 Å². The summed E-state index contributed by atoms with van der Waals surface area (Å²) in [5.74, 6) is -0.142. The molecular weight excluding hydrogens is 434 g/mol. The number of sulfone groups is 1. The molecule has 0 bridgehead atoms. The van der Waals surface area contributed by atoms with Crippen LogP contribution in [0.2, 0.25) is 0 Å². The molecule has 0 fully saturated rings. The van der Waals surface area contributed by atoms with Crippen LogP contribution >= 0.6 is 11.8 Å². The van der Waals surface area contributed by atoms with Gasteiger partial charge in [-0.3, -0.25) is 4.79 Å². The van der Waals surface area contributed by atoms with Gasteiger partial charge in [0.25, 0.3) is 0 Å². The van der Waals surface area contributed by atoms with Crippen molar-refractivity contribution in [2.45, 2.75) is 22.3 Å². The summed E-state index contributed by atoms with van der Waals surface area (Å²) in [7, 11) is -1.36. The first-order chi connectivity index (χ1) is 14.8. The number of carbonyl (C=O) groups is 1. The third kappa shape index (κ3) is 5.15. The van der Waals surface area contributed by atoms with Gasteiger partial charge in [0.2, 0.25) is 5.91 Å².